The summed E-state index contributed by atoms with van der Waals surface area (Å²) in [5.41, 5.74) is 7.77. The molecule has 0 radical (unpaired) electrons. The number of para-hydroxylation sites is 2. The number of nitrogens with zero attached hydrogens (tertiary/aromatic N) is 2. The van der Waals surface area contributed by atoms with E-state index in [2.05, 4.69) is 28.7 Å². The van der Waals surface area contributed by atoms with Gasteiger partial charge in [0.05, 0.1) is 11.0 Å². The summed E-state index contributed by atoms with van der Waals surface area (Å²) in [5, 5.41) is 0. The van der Waals surface area contributed by atoms with E-state index < -0.39 is 0 Å². The maximum atomic E-state index is 5.48. The lowest BCUT2D eigenvalue weighted by Crippen LogP contribution is -2.02. The third-order valence-corrected chi connectivity index (χ3v) is 2.73. The molecule has 0 aliphatic rings. The number of aryl methyl sites for hydroxylation is 2. The van der Waals surface area contributed by atoms with Crippen LogP contribution in [0.15, 0.2) is 24.3 Å². The van der Waals surface area contributed by atoms with E-state index in [4.69, 9.17) is 5.73 Å². The van der Waals surface area contributed by atoms with Gasteiger partial charge in [0, 0.05) is 13.5 Å². The van der Waals surface area contributed by atoms with Crippen LogP contribution in [0.5, 0.6) is 0 Å². The zero-order valence-corrected chi connectivity index (χ0v) is 9.11. The van der Waals surface area contributed by atoms with E-state index in [0.29, 0.717) is 0 Å². The molecule has 80 valence electrons. The van der Waals surface area contributed by atoms with E-state index in [1.807, 2.05) is 12.1 Å². The van der Waals surface area contributed by atoms with Crippen molar-refractivity contribution >= 4 is 11.0 Å². The van der Waals surface area contributed by atoms with Crippen LogP contribution in [0.25, 0.3) is 11.0 Å². The summed E-state index contributed by atoms with van der Waals surface area (Å²) < 4.78 is 2.17. The lowest BCUT2D eigenvalue weighted by Gasteiger charge is -2.01. The van der Waals surface area contributed by atoms with Gasteiger partial charge in [-0.05, 0) is 31.5 Å². The van der Waals surface area contributed by atoms with Crippen molar-refractivity contribution in [3.63, 3.8) is 0 Å². The van der Waals surface area contributed by atoms with Crippen LogP contribution in [0.4, 0.5) is 0 Å². The van der Waals surface area contributed by atoms with Crippen LogP contribution in [-0.2, 0) is 13.5 Å². The highest BCUT2D eigenvalue weighted by Gasteiger charge is 2.05. The number of hydrogen-bond donors (Lipinski definition) is 1. The zero-order valence-electron chi connectivity index (χ0n) is 9.11. The van der Waals surface area contributed by atoms with Crippen LogP contribution in [-0.4, -0.2) is 16.1 Å². The van der Waals surface area contributed by atoms with Crippen molar-refractivity contribution in [2.75, 3.05) is 6.54 Å². The number of benzene rings is 1. The van der Waals surface area contributed by atoms with Gasteiger partial charge in [0.25, 0.3) is 0 Å². The standard InChI is InChI=1S/C12H17N3/c1-15-11-7-3-2-6-10(11)14-12(15)8-4-5-9-13/h2-3,6-7H,4-5,8-9,13H2,1H3. The first-order valence-electron chi connectivity index (χ1n) is 5.43. The Hall–Kier alpha value is -1.35. The highest BCUT2D eigenvalue weighted by molar-refractivity contribution is 5.75. The molecule has 2 N–H and O–H groups in total. The third kappa shape index (κ3) is 2.02. The van der Waals surface area contributed by atoms with Crippen LogP contribution in [0, 0.1) is 0 Å². The Morgan fingerprint density at radius 2 is 2.07 bits per heavy atom. The second-order valence-electron chi connectivity index (χ2n) is 3.82. The lowest BCUT2D eigenvalue weighted by atomic mass is 10.2. The molecule has 15 heavy (non-hydrogen) atoms. The minimum atomic E-state index is 0.768. The molecule has 0 amide bonds. The number of imidazole rings is 1. The van der Waals surface area contributed by atoms with Crippen LogP contribution in [0.2, 0.25) is 0 Å². The van der Waals surface area contributed by atoms with E-state index in [-0.39, 0.29) is 0 Å². The molecule has 1 aromatic heterocycles. The molecule has 0 aliphatic carbocycles. The van der Waals surface area contributed by atoms with E-state index in [0.717, 1.165) is 37.1 Å². The maximum Gasteiger partial charge on any atom is 0.109 e. The fourth-order valence-corrected chi connectivity index (χ4v) is 1.85. The van der Waals surface area contributed by atoms with Gasteiger partial charge in [0.2, 0.25) is 0 Å². The molecule has 0 bridgehead atoms. The van der Waals surface area contributed by atoms with E-state index in [1.54, 1.807) is 0 Å². The van der Waals surface area contributed by atoms with Gasteiger partial charge >= 0.3 is 0 Å². The Balaban J connectivity index is 2.24. The molecule has 1 heterocycles. The topological polar surface area (TPSA) is 43.8 Å². The second kappa shape index (κ2) is 4.45. The summed E-state index contributed by atoms with van der Waals surface area (Å²) in [5.74, 6) is 1.16. The number of fused-ring (bicyclic) bond motifs is 1. The monoisotopic (exact) mass is 203 g/mol. The normalized spacial score (nSPS) is 11.1. The molecule has 0 unspecified atom stereocenters. The summed E-state index contributed by atoms with van der Waals surface area (Å²) in [6, 6.07) is 8.24. The fourth-order valence-electron chi connectivity index (χ4n) is 1.85. The fraction of sp³-hybridized carbons (Fsp3) is 0.417. The zero-order chi connectivity index (χ0) is 10.7. The number of unbranched alkanes of at least 4 members (excludes halogenated alkanes) is 1. The van der Waals surface area contributed by atoms with Crippen LogP contribution in [0.3, 0.4) is 0 Å². The predicted molar refractivity (Wildman–Crippen MR) is 62.7 cm³/mol. The Kier molecular flexibility index (Phi) is 3.02. The maximum absolute atomic E-state index is 5.48. The molecule has 0 saturated carbocycles. The predicted octanol–water partition coefficient (Wildman–Crippen LogP) is 1.85. The number of aromatic nitrogens is 2. The van der Waals surface area contributed by atoms with Gasteiger partial charge in [-0.2, -0.15) is 0 Å². The van der Waals surface area contributed by atoms with Crippen molar-refractivity contribution in [3.05, 3.63) is 30.1 Å². The van der Waals surface area contributed by atoms with Crippen molar-refractivity contribution in [2.45, 2.75) is 19.3 Å². The molecule has 2 rings (SSSR count). The molecule has 0 saturated heterocycles. The van der Waals surface area contributed by atoms with Crippen LogP contribution < -0.4 is 5.73 Å². The Bertz CT molecular complexity index is 445. The summed E-state index contributed by atoms with van der Waals surface area (Å²) in [7, 11) is 2.08. The quantitative estimate of drug-likeness (QED) is 0.771. The van der Waals surface area contributed by atoms with Crippen molar-refractivity contribution in [1.29, 1.82) is 0 Å². The average Bonchev–Trinajstić information content (AvgIpc) is 2.57. The van der Waals surface area contributed by atoms with Crippen molar-refractivity contribution in [1.82, 2.24) is 9.55 Å². The van der Waals surface area contributed by atoms with Crippen molar-refractivity contribution < 1.29 is 0 Å². The van der Waals surface area contributed by atoms with E-state index >= 15 is 0 Å². The lowest BCUT2D eigenvalue weighted by molar-refractivity contribution is 0.694. The molecule has 0 spiro atoms. The van der Waals surface area contributed by atoms with Crippen molar-refractivity contribution in [3.8, 4) is 0 Å². The highest BCUT2D eigenvalue weighted by Crippen LogP contribution is 2.15. The summed E-state index contributed by atoms with van der Waals surface area (Å²) in [6.07, 6.45) is 3.21. The molecule has 3 heteroatoms. The molecule has 0 aliphatic heterocycles. The number of rotatable bonds is 4. The molecule has 0 fully saturated rings. The van der Waals surface area contributed by atoms with Crippen LogP contribution in [0.1, 0.15) is 18.7 Å². The molecular formula is C12H17N3. The van der Waals surface area contributed by atoms with Gasteiger partial charge in [-0.25, -0.2) is 4.98 Å². The van der Waals surface area contributed by atoms with Gasteiger partial charge in [-0.3, -0.25) is 0 Å². The Morgan fingerprint density at radius 1 is 1.27 bits per heavy atom. The minimum absolute atomic E-state index is 0.768. The first kappa shape index (κ1) is 10.2. The molecular weight excluding hydrogens is 186 g/mol. The SMILES string of the molecule is Cn1c(CCCCN)nc2ccccc21. The first-order chi connectivity index (χ1) is 7.33. The van der Waals surface area contributed by atoms with Gasteiger partial charge in [0.1, 0.15) is 5.82 Å². The van der Waals surface area contributed by atoms with E-state index in [9.17, 15) is 0 Å². The Labute approximate surface area is 89.9 Å². The minimum Gasteiger partial charge on any atom is -0.331 e. The second-order valence-corrected chi connectivity index (χ2v) is 3.82. The molecule has 3 nitrogen and oxygen atoms in total. The largest absolute Gasteiger partial charge is 0.331 e. The molecule has 1 aromatic carbocycles. The average molecular weight is 203 g/mol. The number of nitrogens with two attached hydrogens (primary N) is 1. The van der Waals surface area contributed by atoms with Gasteiger partial charge in [-0.1, -0.05) is 12.1 Å². The highest BCUT2D eigenvalue weighted by atomic mass is 15.1. The summed E-state index contributed by atoms with van der Waals surface area (Å²) in [4.78, 5) is 4.61. The number of hydrogen-bond acceptors (Lipinski definition) is 2. The Morgan fingerprint density at radius 3 is 2.80 bits per heavy atom. The summed E-state index contributed by atoms with van der Waals surface area (Å²) in [6.45, 7) is 0.768. The van der Waals surface area contributed by atoms with Crippen molar-refractivity contribution in [2.24, 2.45) is 12.8 Å². The molecule has 2 aromatic rings. The third-order valence-electron chi connectivity index (χ3n) is 2.73. The van der Waals surface area contributed by atoms with Crippen LogP contribution >= 0.6 is 0 Å². The van der Waals surface area contributed by atoms with E-state index in [1.165, 1.54) is 5.52 Å². The first-order valence-corrected chi connectivity index (χ1v) is 5.43. The molecule has 0 atom stereocenters. The van der Waals surface area contributed by atoms with Gasteiger partial charge in [-0.15, -0.1) is 0 Å². The summed E-state index contributed by atoms with van der Waals surface area (Å²) >= 11 is 0. The smallest absolute Gasteiger partial charge is 0.109 e. The van der Waals surface area contributed by atoms with Gasteiger partial charge < -0.3 is 10.3 Å². The van der Waals surface area contributed by atoms with Gasteiger partial charge in [0.15, 0.2) is 0 Å².